The van der Waals surface area contributed by atoms with E-state index in [1.54, 1.807) is 26.2 Å². The molecule has 2 aromatic rings. The summed E-state index contributed by atoms with van der Waals surface area (Å²) >= 11 is 0. The number of hydrogen-bond donors (Lipinski definition) is 0. The Bertz CT molecular complexity index is 898. The summed E-state index contributed by atoms with van der Waals surface area (Å²) in [5, 5.41) is 9.54. The van der Waals surface area contributed by atoms with Crippen LogP contribution in [0.15, 0.2) is 24.3 Å². The minimum atomic E-state index is -0.804. The molecule has 0 radical (unpaired) electrons. The number of nitriles is 1. The average molecular weight is 371 g/mol. The number of benzene rings is 2. The predicted octanol–water partition coefficient (Wildman–Crippen LogP) is 4.00. The molecule has 0 amide bonds. The highest BCUT2D eigenvalue weighted by atomic mass is 19.1. The molecule has 3 rings (SSSR count). The zero-order valence-electron chi connectivity index (χ0n) is 15.9. The van der Waals surface area contributed by atoms with Crippen molar-refractivity contribution in [3.63, 3.8) is 0 Å². The van der Waals surface area contributed by atoms with E-state index in [9.17, 15) is 9.65 Å². The lowest BCUT2D eigenvalue weighted by Gasteiger charge is -2.25. The van der Waals surface area contributed by atoms with E-state index in [1.807, 2.05) is 19.1 Å². The van der Waals surface area contributed by atoms with E-state index < -0.39 is 11.6 Å². The summed E-state index contributed by atoms with van der Waals surface area (Å²) in [7, 11) is 3.10. The van der Waals surface area contributed by atoms with Gasteiger partial charge in [0.15, 0.2) is 5.79 Å². The summed E-state index contributed by atoms with van der Waals surface area (Å²) in [4.78, 5) is 0. The summed E-state index contributed by atoms with van der Waals surface area (Å²) in [6, 6.07) is 8.67. The molecule has 0 aromatic heterocycles. The fourth-order valence-corrected chi connectivity index (χ4v) is 3.43. The van der Waals surface area contributed by atoms with Crippen LogP contribution in [0.25, 0.3) is 11.1 Å². The molecule has 0 atom stereocenters. The highest BCUT2D eigenvalue weighted by Crippen LogP contribution is 2.41. The summed E-state index contributed by atoms with van der Waals surface area (Å²) in [6.45, 7) is 4.66. The van der Waals surface area contributed by atoms with Gasteiger partial charge in [-0.05, 0) is 43.2 Å². The Morgan fingerprint density at radius 1 is 1.15 bits per heavy atom. The molecule has 142 valence electrons. The maximum atomic E-state index is 14.5. The van der Waals surface area contributed by atoms with E-state index in [1.165, 1.54) is 13.2 Å². The first-order valence-electron chi connectivity index (χ1n) is 8.64. The van der Waals surface area contributed by atoms with Crippen LogP contribution in [-0.4, -0.2) is 33.2 Å². The molecular formula is C21H22FNO4. The van der Waals surface area contributed by atoms with E-state index in [0.717, 1.165) is 5.56 Å². The van der Waals surface area contributed by atoms with Gasteiger partial charge in [0.1, 0.15) is 23.4 Å². The van der Waals surface area contributed by atoms with Crippen molar-refractivity contribution >= 4 is 0 Å². The van der Waals surface area contributed by atoms with Gasteiger partial charge in [-0.3, -0.25) is 0 Å². The zero-order chi connectivity index (χ0) is 19.6. The second kappa shape index (κ2) is 7.55. The fourth-order valence-electron chi connectivity index (χ4n) is 3.43. The van der Waals surface area contributed by atoms with Gasteiger partial charge in [0.2, 0.25) is 0 Å². The molecule has 0 spiro atoms. The van der Waals surface area contributed by atoms with Crippen LogP contribution in [0.2, 0.25) is 0 Å². The first kappa shape index (κ1) is 19.2. The molecule has 0 saturated carbocycles. The van der Waals surface area contributed by atoms with E-state index in [4.69, 9.17) is 18.9 Å². The Balaban J connectivity index is 2.27. The van der Waals surface area contributed by atoms with Crippen LogP contribution in [0.4, 0.5) is 4.39 Å². The molecule has 1 aliphatic rings. The van der Waals surface area contributed by atoms with Crippen LogP contribution >= 0.6 is 0 Å². The number of rotatable bonds is 5. The van der Waals surface area contributed by atoms with Crippen molar-refractivity contribution in [2.24, 2.45) is 0 Å². The molecule has 1 aliphatic heterocycles. The topological polar surface area (TPSA) is 60.7 Å². The molecule has 27 heavy (non-hydrogen) atoms. The number of nitrogens with zero attached hydrogens (tertiary/aromatic N) is 1. The Labute approximate surface area is 158 Å². The average Bonchev–Trinajstić information content (AvgIpc) is 3.06. The second-order valence-corrected chi connectivity index (χ2v) is 6.65. The maximum Gasteiger partial charge on any atom is 0.169 e. The van der Waals surface area contributed by atoms with E-state index in [0.29, 0.717) is 47.8 Å². The number of halogens is 1. The summed E-state index contributed by atoms with van der Waals surface area (Å²) in [5.41, 5.74) is 2.59. The van der Waals surface area contributed by atoms with Crippen molar-refractivity contribution in [1.29, 1.82) is 5.26 Å². The van der Waals surface area contributed by atoms with E-state index in [2.05, 4.69) is 0 Å². The number of methoxy groups -OCH3 is 2. The van der Waals surface area contributed by atoms with Gasteiger partial charge in [-0.25, -0.2) is 4.39 Å². The standard InChI is InChI=1S/C21H22FNO4/c1-13-7-16(17(12-23)18(22)8-13)20-14(11-21(2)26-5-6-27-21)9-15(24-3)10-19(20)25-4/h7-10H,5-6,11H2,1-4H3. The Kier molecular flexibility index (Phi) is 5.36. The SMILES string of the molecule is COc1cc(CC2(C)OCCO2)c(-c2cc(C)cc(F)c2C#N)c(OC)c1. The van der Waals surface area contributed by atoms with Crippen molar-refractivity contribution in [1.82, 2.24) is 0 Å². The van der Waals surface area contributed by atoms with Crippen molar-refractivity contribution in [3.05, 3.63) is 46.8 Å². The third kappa shape index (κ3) is 3.75. The monoisotopic (exact) mass is 371 g/mol. The normalized spacial score (nSPS) is 15.4. The van der Waals surface area contributed by atoms with Gasteiger partial charge in [-0.15, -0.1) is 0 Å². The molecule has 1 heterocycles. The fraction of sp³-hybridized carbons (Fsp3) is 0.381. The molecule has 1 saturated heterocycles. The van der Waals surface area contributed by atoms with Gasteiger partial charge in [0, 0.05) is 23.6 Å². The Morgan fingerprint density at radius 3 is 2.44 bits per heavy atom. The first-order valence-corrected chi connectivity index (χ1v) is 8.64. The summed E-state index contributed by atoms with van der Waals surface area (Å²) in [5.74, 6) is -0.274. The van der Waals surface area contributed by atoms with Crippen LogP contribution in [0.3, 0.4) is 0 Å². The third-order valence-electron chi connectivity index (χ3n) is 4.64. The zero-order valence-corrected chi connectivity index (χ0v) is 15.9. The number of aryl methyl sites for hydroxylation is 1. The van der Waals surface area contributed by atoms with Gasteiger partial charge in [0.05, 0.1) is 33.0 Å². The molecule has 0 N–H and O–H groups in total. The van der Waals surface area contributed by atoms with Crippen LogP contribution in [0.1, 0.15) is 23.6 Å². The lowest BCUT2D eigenvalue weighted by atomic mass is 9.90. The minimum absolute atomic E-state index is 0.0243. The number of ether oxygens (including phenoxy) is 4. The van der Waals surface area contributed by atoms with E-state index in [-0.39, 0.29) is 5.56 Å². The Morgan fingerprint density at radius 2 is 1.85 bits per heavy atom. The van der Waals surface area contributed by atoms with Gasteiger partial charge in [-0.2, -0.15) is 5.26 Å². The summed E-state index contributed by atoms with van der Waals surface area (Å²) in [6.07, 6.45) is 0.399. The first-order chi connectivity index (χ1) is 12.9. The number of hydrogen-bond acceptors (Lipinski definition) is 5. The third-order valence-corrected chi connectivity index (χ3v) is 4.64. The lowest BCUT2D eigenvalue weighted by Crippen LogP contribution is -2.28. The second-order valence-electron chi connectivity index (χ2n) is 6.65. The largest absolute Gasteiger partial charge is 0.497 e. The molecule has 0 aliphatic carbocycles. The van der Waals surface area contributed by atoms with Gasteiger partial charge >= 0.3 is 0 Å². The molecule has 0 unspecified atom stereocenters. The summed E-state index contributed by atoms with van der Waals surface area (Å²) < 4.78 is 36.9. The van der Waals surface area contributed by atoms with Gasteiger partial charge in [-0.1, -0.05) is 0 Å². The molecule has 6 heteroatoms. The molecule has 0 bridgehead atoms. The van der Waals surface area contributed by atoms with Crippen molar-refractivity contribution in [2.75, 3.05) is 27.4 Å². The van der Waals surface area contributed by atoms with Crippen molar-refractivity contribution in [3.8, 4) is 28.7 Å². The van der Waals surface area contributed by atoms with Crippen LogP contribution in [0, 0.1) is 24.1 Å². The molecule has 2 aromatic carbocycles. The van der Waals surface area contributed by atoms with Gasteiger partial charge < -0.3 is 18.9 Å². The molecule has 5 nitrogen and oxygen atoms in total. The van der Waals surface area contributed by atoms with Crippen LogP contribution in [-0.2, 0) is 15.9 Å². The van der Waals surface area contributed by atoms with Crippen molar-refractivity contribution < 1.29 is 23.3 Å². The van der Waals surface area contributed by atoms with Crippen LogP contribution < -0.4 is 9.47 Å². The minimum Gasteiger partial charge on any atom is -0.497 e. The molecule has 1 fully saturated rings. The highest BCUT2D eigenvalue weighted by Gasteiger charge is 2.33. The lowest BCUT2D eigenvalue weighted by molar-refractivity contribution is -0.140. The smallest absolute Gasteiger partial charge is 0.169 e. The quantitative estimate of drug-likeness (QED) is 0.795. The predicted molar refractivity (Wildman–Crippen MR) is 98.4 cm³/mol. The van der Waals surface area contributed by atoms with Crippen molar-refractivity contribution in [2.45, 2.75) is 26.1 Å². The Hall–Kier alpha value is -2.62. The maximum absolute atomic E-state index is 14.5. The van der Waals surface area contributed by atoms with Crippen LogP contribution in [0.5, 0.6) is 11.5 Å². The molecular weight excluding hydrogens is 349 g/mol. The highest BCUT2D eigenvalue weighted by molar-refractivity contribution is 5.80. The van der Waals surface area contributed by atoms with Gasteiger partial charge in [0.25, 0.3) is 0 Å². The van der Waals surface area contributed by atoms with E-state index >= 15 is 0 Å².